The highest BCUT2D eigenvalue weighted by Gasteiger charge is 2.30. The third-order valence-corrected chi connectivity index (χ3v) is 4.51. The monoisotopic (exact) mass is 368 g/mol. The van der Waals surface area contributed by atoms with Crippen LogP contribution in [0.15, 0.2) is 30.6 Å². The van der Waals surface area contributed by atoms with E-state index in [-0.39, 0.29) is 18.6 Å². The molecule has 0 bridgehead atoms. The number of carbonyl (C=O) groups excluding carboxylic acids is 1. The number of nitrogens with zero attached hydrogens (tertiary/aromatic N) is 3. The molecule has 6 nitrogen and oxygen atoms in total. The van der Waals surface area contributed by atoms with Crippen molar-refractivity contribution in [2.75, 3.05) is 26.2 Å². The zero-order chi connectivity index (χ0) is 17.1. The molecule has 2 aromatic rings. The first-order chi connectivity index (χ1) is 11.6. The lowest BCUT2D eigenvalue weighted by molar-refractivity contribution is -0.137. The van der Waals surface area contributed by atoms with Gasteiger partial charge in [-0.25, -0.2) is 4.98 Å². The SMILES string of the molecule is Cn1ccnc1C1CNCCN1C(=O)COc1cc(Cl)ccc1Cl. The molecule has 3 rings (SSSR count). The first-order valence-corrected chi connectivity index (χ1v) is 8.37. The van der Waals surface area contributed by atoms with Crippen molar-refractivity contribution < 1.29 is 9.53 Å². The number of aromatic nitrogens is 2. The molecule has 2 heterocycles. The van der Waals surface area contributed by atoms with Crippen LogP contribution in [0, 0.1) is 0 Å². The second kappa shape index (κ2) is 7.42. The predicted molar refractivity (Wildman–Crippen MR) is 92.5 cm³/mol. The number of hydrogen-bond donors (Lipinski definition) is 1. The average Bonchev–Trinajstić information content (AvgIpc) is 3.01. The Morgan fingerprint density at radius 2 is 2.29 bits per heavy atom. The number of aryl methyl sites for hydroxylation is 1. The lowest BCUT2D eigenvalue weighted by atomic mass is 10.1. The van der Waals surface area contributed by atoms with Gasteiger partial charge in [-0.1, -0.05) is 23.2 Å². The Balaban J connectivity index is 1.70. The zero-order valence-corrected chi connectivity index (χ0v) is 14.7. The van der Waals surface area contributed by atoms with E-state index in [1.54, 1.807) is 29.3 Å². The summed E-state index contributed by atoms with van der Waals surface area (Å²) in [4.78, 5) is 18.8. The van der Waals surface area contributed by atoms with Crippen LogP contribution in [0.3, 0.4) is 0 Å². The lowest BCUT2D eigenvalue weighted by Crippen LogP contribution is -2.50. The number of halogens is 2. The van der Waals surface area contributed by atoms with E-state index in [0.717, 1.165) is 12.4 Å². The standard InChI is InChI=1S/C16H18Cl2N4O2/c1-21-6-5-20-16(21)13-9-19-4-7-22(13)15(23)10-24-14-8-11(17)2-3-12(14)18/h2-3,5-6,8,13,19H,4,7,9-10H2,1H3. The third-order valence-electron chi connectivity index (χ3n) is 3.96. The van der Waals surface area contributed by atoms with Crippen molar-refractivity contribution in [1.29, 1.82) is 0 Å². The van der Waals surface area contributed by atoms with Crippen molar-refractivity contribution in [3.05, 3.63) is 46.5 Å². The van der Waals surface area contributed by atoms with Crippen LogP contribution < -0.4 is 10.1 Å². The first-order valence-electron chi connectivity index (χ1n) is 7.61. The molecule has 24 heavy (non-hydrogen) atoms. The lowest BCUT2D eigenvalue weighted by Gasteiger charge is -2.35. The molecule has 1 saturated heterocycles. The molecular weight excluding hydrogens is 351 g/mol. The molecule has 1 fully saturated rings. The topological polar surface area (TPSA) is 59.4 Å². The maximum atomic E-state index is 12.6. The second-order valence-electron chi connectivity index (χ2n) is 5.57. The summed E-state index contributed by atoms with van der Waals surface area (Å²) in [5, 5.41) is 4.23. The number of carbonyl (C=O) groups is 1. The molecule has 1 atom stereocenters. The molecule has 1 unspecified atom stereocenters. The van der Waals surface area contributed by atoms with E-state index in [1.165, 1.54) is 0 Å². The Labute approximate surface area is 150 Å². The second-order valence-corrected chi connectivity index (χ2v) is 6.41. The van der Waals surface area contributed by atoms with Gasteiger partial charge in [-0.3, -0.25) is 4.79 Å². The molecule has 0 radical (unpaired) electrons. The summed E-state index contributed by atoms with van der Waals surface area (Å²) in [5.41, 5.74) is 0. The summed E-state index contributed by atoms with van der Waals surface area (Å²) in [6.07, 6.45) is 3.60. The number of nitrogens with one attached hydrogen (secondary N) is 1. The van der Waals surface area contributed by atoms with Crippen molar-refractivity contribution in [2.24, 2.45) is 7.05 Å². The van der Waals surface area contributed by atoms with E-state index in [1.807, 2.05) is 17.8 Å². The molecule has 0 saturated carbocycles. The van der Waals surface area contributed by atoms with Crippen LogP contribution in [0.1, 0.15) is 11.9 Å². The molecule has 1 aromatic carbocycles. The number of benzene rings is 1. The minimum Gasteiger partial charge on any atom is -0.482 e. The van der Waals surface area contributed by atoms with Crippen molar-refractivity contribution in [3.8, 4) is 5.75 Å². The van der Waals surface area contributed by atoms with E-state index in [9.17, 15) is 4.79 Å². The first kappa shape index (κ1) is 17.1. The number of ether oxygens (including phenoxy) is 1. The van der Waals surface area contributed by atoms with Crippen LogP contribution in [0.5, 0.6) is 5.75 Å². The number of hydrogen-bond acceptors (Lipinski definition) is 4. The maximum Gasteiger partial charge on any atom is 0.261 e. The fourth-order valence-electron chi connectivity index (χ4n) is 2.74. The van der Waals surface area contributed by atoms with Gasteiger partial charge < -0.3 is 19.5 Å². The quantitative estimate of drug-likeness (QED) is 0.899. The normalized spacial score (nSPS) is 17.8. The van der Waals surface area contributed by atoms with Gasteiger partial charge in [0.25, 0.3) is 5.91 Å². The summed E-state index contributed by atoms with van der Waals surface area (Å²) < 4.78 is 7.50. The molecule has 1 N–H and O–H groups in total. The van der Waals surface area contributed by atoms with Crippen molar-refractivity contribution >= 4 is 29.1 Å². The largest absolute Gasteiger partial charge is 0.482 e. The predicted octanol–water partition coefficient (Wildman–Crippen LogP) is 2.28. The van der Waals surface area contributed by atoms with Gasteiger partial charge in [-0.05, 0) is 12.1 Å². The van der Waals surface area contributed by atoms with E-state index >= 15 is 0 Å². The summed E-state index contributed by atoms with van der Waals surface area (Å²) >= 11 is 12.0. The zero-order valence-electron chi connectivity index (χ0n) is 13.2. The van der Waals surface area contributed by atoms with Gasteiger partial charge in [-0.2, -0.15) is 0 Å². The Morgan fingerprint density at radius 1 is 1.46 bits per heavy atom. The summed E-state index contributed by atoms with van der Waals surface area (Å²) in [6.45, 7) is 1.91. The van der Waals surface area contributed by atoms with Crippen molar-refractivity contribution in [2.45, 2.75) is 6.04 Å². The van der Waals surface area contributed by atoms with Gasteiger partial charge in [-0.15, -0.1) is 0 Å². The molecular formula is C16H18Cl2N4O2. The highest BCUT2D eigenvalue weighted by molar-refractivity contribution is 6.34. The van der Waals surface area contributed by atoms with Gasteiger partial charge >= 0.3 is 0 Å². The number of rotatable bonds is 4. The summed E-state index contributed by atoms with van der Waals surface area (Å²) in [5.74, 6) is 1.14. The molecule has 1 aliphatic heterocycles. The van der Waals surface area contributed by atoms with E-state index in [0.29, 0.717) is 28.9 Å². The van der Waals surface area contributed by atoms with Crippen LogP contribution >= 0.6 is 23.2 Å². The molecule has 1 amide bonds. The van der Waals surface area contributed by atoms with E-state index in [2.05, 4.69) is 10.3 Å². The Hall–Kier alpha value is -1.76. The van der Waals surface area contributed by atoms with Crippen LogP contribution in [0.25, 0.3) is 0 Å². The number of amides is 1. The molecule has 1 aromatic heterocycles. The van der Waals surface area contributed by atoms with Gasteiger partial charge in [0.15, 0.2) is 6.61 Å². The van der Waals surface area contributed by atoms with Crippen molar-refractivity contribution in [1.82, 2.24) is 19.8 Å². The van der Waals surface area contributed by atoms with Crippen LogP contribution in [-0.2, 0) is 11.8 Å². The molecule has 0 aliphatic carbocycles. The Bertz CT molecular complexity index is 735. The minimum absolute atomic E-state index is 0.0962. The van der Waals surface area contributed by atoms with Gasteiger partial charge in [0, 0.05) is 50.2 Å². The Kier molecular flexibility index (Phi) is 5.28. The smallest absolute Gasteiger partial charge is 0.261 e. The van der Waals surface area contributed by atoms with E-state index in [4.69, 9.17) is 27.9 Å². The fraction of sp³-hybridized carbons (Fsp3) is 0.375. The molecule has 0 spiro atoms. The molecule has 1 aliphatic rings. The highest BCUT2D eigenvalue weighted by atomic mass is 35.5. The van der Waals surface area contributed by atoms with Crippen molar-refractivity contribution in [3.63, 3.8) is 0 Å². The molecule has 8 heteroatoms. The molecule has 128 valence electrons. The highest BCUT2D eigenvalue weighted by Crippen LogP contribution is 2.28. The fourth-order valence-corrected chi connectivity index (χ4v) is 3.08. The summed E-state index contributed by atoms with van der Waals surface area (Å²) in [7, 11) is 1.92. The third kappa shape index (κ3) is 3.66. The average molecular weight is 369 g/mol. The van der Waals surface area contributed by atoms with E-state index < -0.39 is 0 Å². The van der Waals surface area contributed by atoms with Crippen LogP contribution in [-0.4, -0.2) is 46.6 Å². The number of piperazine rings is 1. The van der Waals surface area contributed by atoms with Crippen LogP contribution in [0.4, 0.5) is 0 Å². The van der Waals surface area contributed by atoms with Gasteiger partial charge in [0.05, 0.1) is 5.02 Å². The summed E-state index contributed by atoms with van der Waals surface area (Å²) in [6, 6.07) is 4.80. The maximum absolute atomic E-state index is 12.6. The van der Waals surface area contributed by atoms with Crippen LogP contribution in [0.2, 0.25) is 10.0 Å². The number of imidazole rings is 1. The minimum atomic E-state index is -0.121. The Morgan fingerprint density at radius 3 is 3.04 bits per heavy atom. The van der Waals surface area contributed by atoms with Gasteiger partial charge in [0.1, 0.15) is 17.6 Å². The van der Waals surface area contributed by atoms with Gasteiger partial charge in [0.2, 0.25) is 0 Å².